The number of likely N-dealkylation sites (tertiary alicyclic amines) is 1. The molecule has 1 heterocycles. The smallest absolute Gasteiger partial charge is 0.497 e. The van der Waals surface area contributed by atoms with Crippen molar-refractivity contribution in [3.05, 3.63) is 95.6 Å². The molecule has 8 heteroatoms. The number of aliphatic hydroxyl groups is 1. The lowest BCUT2D eigenvalue weighted by Crippen LogP contribution is -2.72. The number of nitrogens with zero attached hydrogens (tertiary/aromatic N) is 1. The van der Waals surface area contributed by atoms with Gasteiger partial charge in [-0.1, -0.05) is 54.6 Å². The van der Waals surface area contributed by atoms with Gasteiger partial charge in [0.25, 0.3) is 0 Å². The average Bonchev–Trinajstić information content (AvgIpc) is 2.93. The molecule has 0 unspecified atom stereocenters. The minimum absolute atomic E-state index is 0.0586. The van der Waals surface area contributed by atoms with Crippen molar-refractivity contribution in [2.45, 2.75) is 51.2 Å². The van der Waals surface area contributed by atoms with E-state index in [2.05, 4.69) is 0 Å². The van der Waals surface area contributed by atoms with E-state index in [9.17, 15) is 14.7 Å². The van der Waals surface area contributed by atoms with Crippen LogP contribution in [0.5, 0.6) is 11.5 Å². The molecule has 1 saturated heterocycles. The van der Waals surface area contributed by atoms with E-state index in [0.29, 0.717) is 11.5 Å². The highest BCUT2D eigenvalue weighted by atomic mass is 16.7. The minimum Gasteiger partial charge on any atom is -0.497 e. The summed E-state index contributed by atoms with van der Waals surface area (Å²) >= 11 is 0. The van der Waals surface area contributed by atoms with Gasteiger partial charge < -0.3 is 29.0 Å². The second-order valence-corrected chi connectivity index (χ2v) is 10.2. The van der Waals surface area contributed by atoms with Crippen LogP contribution >= 0.6 is 0 Å². The molecule has 1 aliphatic heterocycles. The second-order valence-electron chi connectivity index (χ2n) is 10.2. The van der Waals surface area contributed by atoms with Crippen molar-refractivity contribution >= 4 is 12.1 Å². The van der Waals surface area contributed by atoms with Gasteiger partial charge in [-0.3, -0.25) is 4.79 Å². The van der Waals surface area contributed by atoms with Crippen molar-refractivity contribution in [3.63, 3.8) is 0 Å². The van der Waals surface area contributed by atoms with Gasteiger partial charge in [0.05, 0.1) is 37.8 Å². The molecule has 4 rings (SSSR count). The Morgan fingerprint density at radius 3 is 1.87 bits per heavy atom. The Balaban J connectivity index is 1.59. The first-order valence-electron chi connectivity index (χ1n) is 12.8. The molecule has 1 fully saturated rings. The van der Waals surface area contributed by atoms with Crippen molar-refractivity contribution in [2.24, 2.45) is 5.92 Å². The first kappa shape index (κ1) is 28.0. The molecule has 1 aliphatic rings. The lowest BCUT2D eigenvalue weighted by Gasteiger charge is -2.56. The summed E-state index contributed by atoms with van der Waals surface area (Å²) in [5, 5.41) is 11.2. The SMILES string of the molecule is COc1ccc(C(c2ccc(OC)cc2)N2C(=O)[C@H]([C@@H](C)OC(=O)OCc3ccccc3)[C@H]2C(C)(C)O)cc1. The Labute approximate surface area is 229 Å². The summed E-state index contributed by atoms with van der Waals surface area (Å²) in [6, 6.07) is 23.1. The maximum absolute atomic E-state index is 13.8. The Bertz CT molecular complexity index is 1210. The molecule has 3 aromatic carbocycles. The van der Waals surface area contributed by atoms with Crippen LogP contribution in [-0.4, -0.2) is 54.0 Å². The second kappa shape index (κ2) is 11.8. The zero-order valence-corrected chi connectivity index (χ0v) is 22.9. The molecule has 206 valence electrons. The molecule has 3 aromatic rings. The molecule has 0 aromatic heterocycles. The van der Waals surface area contributed by atoms with Gasteiger partial charge in [-0.15, -0.1) is 0 Å². The number of β-lactam (4-membered cyclic amide) rings is 1. The highest BCUT2D eigenvalue weighted by Crippen LogP contribution is 2.46. The van der Waals surface area contributed by atoms with Crippen LogP contribution < -0.4 is 9.47 Å². The van der Waals surface area contributed by atoms with E-state index in [1.54, 1.807) is 39.9 Å². The van der Waals surface area contributed by atoms with Crippen molar-refractivity contribution in [2.75, 3.05) is 14.2 Å². The highest BCUT2D eigenvalue weighted by molar-refractivity contribution is 5.88. The van der Waals surface area contributed by atoms with E-state index in [-0.39, 0.29) is 12.5 Å². The summed E-state index contributed by atoms with van der Waals surface area (Å²) in [4.78, 5) is 27.9. The third kappa shape index (κ3) is 6.17. The number of carbonyl (C=O) groups excluding carboxylic acids is 2. The molecular weight excluding hydrogens is 498 g/mol. The number of amides is 1. The summed E-state index contributed by atoms with van der Waals surface area (Å²) in [6.45, 7) is 5.02. The van der Waals surface area contributed by atoms with Crippen LogP contribution in [-0.2, 0) is 20.9 Å². The van der Waals surface area contributed by atoms with Crippen LogP contribution in [0.4, 0.5) is 4.79 Å². The zero-order chi connectivity index (χ0) is 28.2. The van der Waals surface area contributed by atoms with Gasteiger partial charge in [0.1, 0.15) is 24.2 Å². The maximum atomic E-state index is 13.8. The minimum atomic E-state index is -1.29. The van der Waals surface area contributed by atoms with Gasteiger partial charge in [-0.2, -0.15) is 0 Å². The Morgan fingerprint density at radius 1 is 0.897 bits per heavy atom. The fourth-order valence-corrected chi connectivity index (χ4v) is 5.12. The number of rotatable bonds is 10. The first-order valence-corrected chi connectivity index (χ1v) is 12.8. The maximum Gasteiger partial charge on any atom is 0.508 e. The van der Waals surface area contributed by atoms with E-state index in [1.165, 1.54) is 0 Å². The predicted octanol–water partition coefficient (Wildman–Crippen LogP) is 5.13. The molecule has 0 saturated carbocycles. The fraction of sp³-hybridized carbons (Fsp3) is 0.355. The normalized spacial score (nSPS) is 17.8. The van der Waals surface area contributed by atoms with E-state index >= 15 is 0 Å². The van der Waals surface area contributed by atoms with Crippen LogP contribution in [0.2, 0.25) is 0 Å². The largest absolute Gasteiger partial charge is 0.508 e. The van der Waals surface area contributed by atoms with Crippen LogP contribution in [0.3, 0.4) is 0 Å². The van der Waals surface area contributed by atoms with Crippen molar-refractivity contribution in [1.82, 2.24) is 4.90 Å². The topological polar surface area (TPSA) is 94.5 Å². The quantitative estimate of drug-likeness (QED) is 0.285. The third-order valence-corrected chi connectivity index (χ3v) is 7.03. The average molecular weight is 534 g/mol. The highest BCUT2D eigenvalue weighted by Gasteiger charge is 2.59. The molecule has 0 aliphatic carbocycles. The Morgan fingerprint density at radius 2 is 1.41 bits per heavy atom. The van der Waals surface area contributed by atoms with E-state index in [0.717, 1.165) is 16.7 Å². The number of hydrogen-bond acceptors (Lipinski definition) is 7. The van der Waals surface area contributed by atoms with Gasteiger partial charge >= 0.3 is 6.16 Å². The van der Waals surface area contributed by atoms with Crippen molar-refractivity contribution in [1.29, 1.82) is 0 Å². The summed E-state index contributed by atoms with van der Waals surface area (Å²) < 4.78 is 21.4. The number of benzene rings is 3. The predicted molar refractivity (Wildman–Crippen MR) is 145 cm³/mol. The molecule has 1 amide bonds. The van der Waals surface area contributed by atoms with Crippen LogP contribution in [0, 0.1) is 5.92 Å². The molecule has 1 N–H and O–H groups in total. The molecule has 3 atom stereocenters. The Kier molecular flexibility index (Phi) is 8.45. The molecule has 0 spiro atoms. The van der Waals surface area contributed by atoms with Crippen molar-refractivity contribution < 1.29 is 33.6 Å². The monoisotopic (exact) mass is 533 g/mol. The lowest BCUT2D eigenvalue weighted by molar-refractivity contribution is -0.189. The third-order valence-electron chi connectivity index (χ3n) is 7.03. The summed E-state index contributed by atoms with van der Waals surface area (Å²) in [6.07, 6.45) is -1.69. The molecule has 8 nitrogen and oxygen atoms in total. The van der Waals surface area contributed by atoms with Gasteiger partial charge in [0.2, 0.25) is 5.91 Å². The zero-order valence-electron chi connectivity index (χ0n) is 22.9. The van der Waals surface area contributed by atoms with E-state index in [1.807, 2.05) is 78.9 Å². The number of hydrogen-bond donors (Lipinski definition) is 1. The van der Waals surface area contributed by atoms with Crippen LogP contribution in [0.15, 0.2) is 78.9 Å². The number of carbonyl (C=O) groups is 2. The van der Waals surface area contributed by atoms with Crippen LogP contribution in [0.1, 0.15) is 43.5 Å². The molecule has 0 radical (unpaired) electrons. The molecular formula is C31H35NO7. The lowest BCUT2D eigenvalue weighted by atomic mass is 9.72. The van der Waals surface area contributed by atoms with E-state index < -0.39 is 35.9 Å². The Hall–Kier alpha value is -4.04. The van der Waals surface area contributed by atoms with Gasteiger partial charge in [-0.25, -0.2) is 4.79 Å². The van der Waals surface area contributed by atoms with Gasteiger partial charge in [-0.05, 0) is 61.7 Å². The fourth-order valence-electron chi connectivity index (χ4n) is 5.12. The first-order chi connectivity index (χ1) is 18.6. The summed E-state index contributed by atoms with van der Waals surface area (Å²) in [5.74, 6) is 0.389. The summed E-state index contributed by atoms with van der Waals surface area (Å²) in [5.41, 5.74) is 1.22. The van der Waals surface area contributed by atoms with Gasteiger partial charge in [0, 0.05) is 0 Å². The number of ether oxygens (including phenoxy) is 4. The standard InChI is InChI=1S/C31H35NO7/c1-20(39-30(34)38-19-21-9-7-6-8-10-21)26-28(31(2,3)35)32(29(26)33)27(22-11-15-24(36-4)16-12-22)23-13-17-25(37-5)18-14-23/h6-18,20,26-28,35H,19H2,1-5H3/t20-,26-,28+/m1/s1. The van der Waals surface area contributed by atoms with Crippen LogP contribution in [0.25, 0.3) is 0 Å². The summed E-state index contributed by atoms with van der Waals surface area (Å²) in [7, 11) is 3.19. The van der Waals surface area contributed by atoms with E-state index in [4.69, 9.17) is 18.9 Å². The molecule has 39 heavy (non-hydrogen) atoms. The molecule has 0 bridgehead atoms. The van der Waals surface area contributed by atoms with Crippen molar-refractivity contribution in [3.8, 4) is 11.5 Å². The van der Waals surface area contributed by atoms with Gasteiger partial charge in [0.15, 0.2) is 0 Å². The number of methoxy groups -OCH3 is 2.